The van der Waals surface area contributed by atoms with E-state index >= 15 is 0 Å². The van der Waals surface area contributed by atoms with Gasteiger partial charge in [0.05, 0.1) is 29.4 Å². The van der Waals surface area contributed by atoms with E-state index in [0.29, 0.717) is 48.8 Å². The first kappa shape index (κ1) is 25.8. The Kier molecular flexibility index (Phi) is 6.94. The molecule has 1 unspecified atom stereocenters. The van der Waals surface area contributed by atoms with Crippen LogP contribution in [0.3, 0.4) is 0 Å². The molecule has 0 bridgehead atoms. The first-order chi connectivity index (χ1) is 16.8. The first-order valence-corrected chi connectivity index (χ1v) is 12.1. The van der Waals surface area contributed by atoms with Crippen molar-refractivity contribution in [2.24, 2.45) is 0 Å². The molecule has 1 aromatic heterocycles. The molecule has 2 aliphatic heterocycles. The highest BCUT2D eigenvalue weighted by atomic mass is 19.4. The van der Waals surface area contributed by atoms with Crippen molar-refractivity contribution in [3.8, 4) is 0 Å². The Bertz CT molecular complexity index is 1170. The smallest absolute Gasteiger partial charge is 0.416 e. The molecule has 1 atom stereocenters. The van der Waals surface area contributed by atoms with Gasteiger partial charge in [0.2, 0.25) is 5.95 Å². The normalized spacial score (nSPS) is 17.1. The number of fused-ring (bicyclic) bond motifs is 1. The van der Waals surface area contributed by atoms with Gasteiger partial charge in [0.15, 0.2) is 0 Å². The Hall–Kier alpha value is -3.24. The third-order valence-electron chi connectivity index (χ3n) is 6.31. The lowest BCUT2D eigenvalue weighted by Gasteiger charge is -2.32. The quantitative estimate of drug-likeness (QED) is 0.658. The number of nitrogens with one attached hydrogen (secondary N) is 1. The van der Waals surface area contributed by atoms with Crippen molar-refractivity contribution in [3.05, 3.63) is 57.0 Å². The second-order valence-electron chi connectivity index (χ2n) is 10.3. The van der Waals surface area contributed by atoms with Crippen LogP contribution >= 0.6 is 0 Å². The van der Waals surface area contributed by atoms with E-state index in [-0.39, 0.29) is 12.1 Å². The lowest BCUT2D eigenvalue weighted by molar-refractivity contribution is -0.137. The Labute approximate surface area is 208 Å². The summed E-state index contributed by atoms with van der Waals surface area (Å²) < 4.78 is 45.9. The number of aromatic nitrogens is 2. The zero-order chi connectivity index (χ0) is 26.3. The van der Waals surface area contributed by atoms with Crippen molar-refractivity contribution in [2.45, 2.75) is 71.3 Å². The number of ether oxygens (including phenoxy) is 1. The molecule has 2 aromatic rings. The van der Waals surface area contributed by atoms with Crippen molar-refractivity contribution in [1.29, 1.82) is 0 Å². The molecule has 0 spiro atoms. The summed E-state index contributed by atoms with van der Waals surface area (Å²) in [5, 5.41) is 5.16. The number of amides is 1. The lowest BCUT2D eigenvalue weighted by Crippen LogP contribution is -2.48. The van der Waals surface area contributed by atoms with E-state index in [1.807, 2.05) is 11.9 Å². The molecule has 3 heterocycles. The Morgan fingerprint density at radius 1 is 1.08 bits per heavy atom. The molecule has 1 aromatic carbocycles. The number of hydrogen-bond donors (Lipinski definition) is 1. The van der Waals surface area contributed by atoms with Crippen LogP contribution in [0, 0.1) is 0 Å². The van der Waals surface area contributed by atoms with E-state index < -0.39 is 29.5 Å². The summed E-state index contributed by atoms with van der Waals surface area (Å²) in [5.41, 5.74) is 0.0856. The molecule has 0 radical (unpaired) electrons. The summed E-state index contributed by atoms with van der Waals surface area (Å²) in [7, 11) is 0. The van der Waals surface area contributed by atoms with Crippen LogP contribution in [0.15, 0.2) is 29.1 Å². The zero-order valence-electron chi connectivity index (χ0n) is 21.0. The van der Waals surface area contributed by atoms with Gasteiger partial charge in [0.1, 0.15) is 5.60 Å². The molecule has 11 heteroatoms. The second kappa shape index (κ2) is 9.67. The molecule has 2 aliphatic rings. The van der Waals surface area contributed by atoms with Gasteiger partial charge >= 0.3 is 12.3 Å². The average molecular weight is 508 g/mol. The molecule has 36 heavy (non-hydrogen) atoms. The average Bonchev–Trinajstić information content (AvgIpc) is 3.32. The SMILES string of the molecule is CC(Nc1nc2c(c(=O)n1N1CCCC1)CN(C(=O)OC(C)(C)C)CC2)c1ccc(C(F)(F)F)cc1. The monoisotopic (exact) mass is 507 g/mol. The van der Waals surface area contributed by atoms with Crippen molar-refractivity contribution in [1.82, 2.24) is 14.6 Å². The fourth-order valence-corrected chi connectivity index (χ4v) is 4.44. The van der Waals surface area contributed by atoms with Crippen LogP contribution in [-0.4, -0.2) is 45.9 Å². The van der Waals surface area contributed by atoms with Crippen LogP contribution in [-0.2, 0) is 23.9 Å². The van der Waals surface area contributed by atoms with Gasteiger partial charge in [0, 0.05) is 26.1 Å². The highest BCUT2D eigenvalue weighted by Gasteiger charge is 2.32. The minimum Gasteiger partial charge on any atom is -0.444 e. The third kappa shape index (κ3) is 5.60. The molecule has 4 rings (SSSR count). The molecule has 1 N–H and O–H groups in total. The number of anilines is 1. The Balaban J connectivity index is 1.64. The Morgan fingerprint density at radius 3 is 2.31 bits per heavy atom. The molecule has 1 amide bonds. The molecule has 8 nitrogen and oxygen atoms in total. The fraction of sp³-hybridized carbons (Fsp3) is 0.560. The maximum atomic E-state index is 13.7. The molecular weight excluding hydrogens is 475 g/mol. The van der Waals surface area contributed by atoms with Crippen molar-refractivity contribution in [3.63, 3.8) is 0 Å². The van der Waals surface area contributed by atoms with Crippen molar-refractivity contribution >= 4 is 12.0 Å². The first-order valence-electron chi connectivity index (χ1n) is 12.1. The van der Waals surface area contributed by atoms with Crippen LogP contribution in [0.1, 0.15) is 69.0 Å². The van der Waals surface area contributed by atoms with Crippen LogP contribution in [0.25, 0.3) is 0 Å². The molecular formula is C25H32F3N5O3. The minimum atomic E-state index is -4.40. The summed E-state index contributed by atoms with van der Waals surface area (Å²) >= 11 is 0. The van der Waals surface area contributed by atoms with Gasteiger partial charge in [0.25, 0.3) is 5.56 Å². The predicted molar refractivity (Wildman–Crippen MR) is 130 cm³/mol. The van der Waals surface area contributed by atoms with E-state index in [1.165, 1.54) is 21.7 Å². The summed E-state index contributed by atoms with van der Waals surface area (Å²) in [5.74, 6) is 0.346. The van der Waals surface area contributed by atoms with Crippen LogP contribution < -0.4 is 15.9 Å². The summed E-state index contributed by atoms with van der Waals surface area (Å²) in [6.45, 7) is 9.03. The number of rotatable bonds is 4. The summed E-state index contributed by atoms with van der Waals surface area (Å²) in [6.07, 6.45) is -2.62. The van der Waals surface area contributed by atoms with Gasteiger partial charge in [-0.3, -0.25) is 4.79 Å². The number of carbonyl (C=O) groups is 1. The number of carbonyl (C=O) groups excluding carboxylic acids is 1. The molecule has 0 saturated carbocycles. The topological polar surface area (TPSA) is 79.7 Å². The molecule has 1 fully saturated rings. The summed E-state index contributed by atoms with van der Waals surface area (Å²) in [4.78, 5) is 32.6. The van der Waals surface area contributed by atoms with Gasteiger partial charge in [-0.1, -0.05) is 12.1 Å². The van der Waals surface area contributed by atoms with Gasteiger partial charge in [-0.25, -0.2) is 9.78 Å². The second-order valence-corrected chi connectivity index (χ2v) is 10.3. The number of benzene rings is 1. The maximum absolute atomic E-state index is 13.7. The van der Waals surface area contributed by atoms with Crippen LogP contribution in [0.4, 0.5) is 23.9 Å². The van der Waals surface area contributed by atoms with E-state index in [1.54, 1.807) is 20.8 Å². The highest BCUT2D eigenvalue weighted by molar-refractivity contribution is 5.68. The fourth-order valence-electron chi connectivity index (χ4n) is 4.44. The van der Waals surface area contributed by atoms with E-state index in [2.05, 4.69) is 5.32 Å². The molecule has 1 saturated heterocycles. The Morgan fingerprint density at radius 2 is 1.72 bits per heavy atom. The number of nitrogens with zero attached hydrogens (tertiary/aromatic N) is 4. The third-order valence-corrected chi connectivity index (χ3v) is 6.31. The molecule has 0 aliphatic carbocycles. The van der Waals surface area contributed by atoms with E-state index in [0.717, 1.165) is 25.0 Å². The van der Waals surface area contributed by atoms with Crippen LogP contribution in [0.5, 0.6) is 0 Å². The summed E-state index contributed by atoms with van der Waals surface area (Å²) in [6, 6.07) is 4.55. The van der Waals surface area contributed by atoms with E-state index in [9.17, 15) is 22.8 Å². The minimum absolute atomic E-state index is 0.110. The number of alkyl halides is 3. The van der Waals surface area contributed by atoms with Crippen LogP contribution in [0.2, 0.25) is 0 Å². The van der Waals surface area contributed by atoms with Gasteiger partial charge < -0.3 is 20.0 Å². The maximum Gasteiger partial charge on any atom is 0.416 e. The standard InChI is InChI=1S/C25H32F3N5O3/c1-16(17-7-9-18(10-8-17)25(26,27)28)29-22-30-20-11-14-31(23(35)36-24(2,3)4)15-19(20)21(34)33(22)32-12-5-6-13-32/h7-10,16H,5-6,11-15H2,1-4H3,(H,29,30). The highest BCUT2D eigenvalue weighted by Crippen LogP contribution is 2.30. The van der Waals surface area contributed by atoms with Crippen molar-refractivity contribution < 1.29 is 22.7 Å². The molecule has 196 valence electrons. The number of halogens is 3. The predicted octanol–water partition coefficient (Wildman–Crippen LogP) is 4.46. The van der Waals surface area contributed by atoms with Gasteiger partial charge in [-0.15, -0.1) is 0 Å². The zero-order valence-corrected chi connectivity index (χ0v) is 21.0. The van der Waals surface area contributed by atoms with Gasteiger partial charge in [-0.2, -0.15) is 17.8 Å². The van der Waals surface area contributed by atoms with Crippen molar-refractivity contribution in [2.75, 3.05) is 30.0 Å². The lowest BCUT2D eigenvalue weighted by atomic mass is 10.1. The number of hydrogen-bond acceptors (Lipinski definition) is 6. The van der Waals surface area contributed by atoms with E-state index in [4.69, 9.17) is 9.72 Å². The largest absolute Gasteiger partial charge is 0.444 e. The van der Waals surface area contributed by atoms with Gasteiger partial charge in [-0.05, 0) is 58.2 Å².